The van der Waals surface area contributed by atoms with Gasteiger partial charge >= 0.3 is 6.18 Å². The standard InChI is InChI=1S/C20H22F3N5O2/c1-12-8-26(6-5-24-12)17-4-3-14(19(29)30)10-28(17)15-7-16(20(21,22)23)18-25-13(2)9-27(18)11-15/h3-4,7,9,11-12,24H,5-6,8,10H2,1-2H3,(H,29,30)/p-1. The Hall–Kier alpha value is -3.01. The van der Waals surface area contributed by atoms with Gasteiger partial charge in [-0.15, -0.1) is 0 Å². The van der Waals surface area contributed by atoms with E-state index in [1.165, 1.54) is 16.7 Å². The molecule has 1 N–H and O–H groups in total. The minimum absolute atomic E-state index is 0.00241. The zero-order valence-electron chi connectivity index (χ0n) is 16.5. The first-order valence-corrected chi connectivity index (χ1v) is 9.58. The van der Waals surface area contributed by atoms with Gasteiger partial charge in [0.15, 0.2) is 0 Å². The number of anilines is 1. The van der Waals surface area contributed by atoms with Crippen molar-refractivity contribution in [2.45, 2.75) is 26.1 Å². The first kappa shape index (κ1) is 20.3. The first-order valence-electron chi connectivity index (χ1n) is 9.58. The summed E-state index contributed by atoms with van der Waals surface area (Å²) in [5.41, 5.74) is -0.365. The van der Waals surface area contributed by atoms with Gasteiger partial charge in [-0.2, -0.15) is 13.2 Å². The van der Waals surface area contributed by atoms with Gasteiger partial charge < -0.3 is 29.4 Å². The number of nitrogens with zero attached hydrogens (tertiary/aromatic N) is 4. The fourth-order valence-corrected chi connectivity index (χ4v) is 3.90. The molecule has 2 aliphatic rings. The van der Waals surface area contributed by atoms with E-state index in [4.69, 9.17) is 0 Å². The van der Waals surface area contributed by atoms with Gasteiger partial charge in [-0.3, -0.25) is 0 Å². The third-order valence-electron chi connectivity index (χ3n) is 5.27. The average Bonchev–Trinajstić information content (AvgIpc) is 3.05. The first-order chi connectivity index (χ1) is 14.1. The number of carbonyl (C=O) groups excluding carboxylic acids is 1. The second-order valence-corrected chi connectivity index (χ2v) is 7.61. The number of carbonyl (C=O) groups is 1. The van der Waals surface area contributed by atoms with E-state index >= 15 is 0 Å². The second-order valence-electron chi connectivity index (χ2n) is 7.61. The Morgan fingerprint density at radius 1 is 1.30 bits per heavy atom. The summed E-state index contributed by atoms with van der Waals surface area (Å²) in [7, 11) is 0. The number of nitrogens with one attached hydrogen (secondary N) is 1. The van der Waals surface area contributed by atoms with Crippen LogP contribution in [0.4, 0.5) is 18.9 Å². The van der Waals surface area contributed by atoms with E-state index in [0.29, 0.717) is 24.6 Å². The van der Waals surface area contributed by atoms with E-state index in [1.807, 2.05) is 11.8 Å². The zero-order chi connectivity index (χ0) is 21.6. The van der Waals surface area contributed by atoms with Gasteiger partial charge in [0.2, 0.25) is 0 Å². The minimum atomic E-state index is -4.61. The smallest absolute Gasteiger partial charge is 0.420 e. The summed E-state index contributed by atoms with van der Waals surface area (Å²) in [4.78, 5) is 19.1. The number of alkyl halides is 3. The number of fused-ring (bicyclic) bond motifs is 1. The summed E-state index contributed by atoms with van der Waals surface area (Å²) in [6, 6.07) is 1.22. The molecule has 0 radical (unpaired) electrons. The van der Waals surface area contributed by atoms with E-state index in [-0.39, 0.29) is 29.5 Å². The van der Waals surface area contributed by atoms with Crippen molar-refractivity contribution in [1.29, 1.82) is 0 Å². The van der Waals surface area contributed by atoms with Gasteiger partial charge in [0.25, 0.3) is 0 Å². The monoisotopic (exact) mass is 420 g/mol. The number of carboxylic acid groups (broad SMARTS) is 1. The lowest BCUT2D eigenvalue weighted by molar-refractivity contribution is -0.299. The summed E-state index contributed by atoms with van der Waals surface area (Å²) in [5.74, 6) is -0.697. The molecular formula is C20H21F3N5O2-. The van der Waals surface area contributed by atoms with Gasteiger partial charge in [-0.1, -0.05) is 6.08 Å². The van der Waals surface area contributed by atoms with Crippen molar-refractivity contribution in [1.82, 2.24) is 19.6 Å². The molecule has 7 nitrogen and oxygen atoms in total. The second kappa shape index (κ2) is 7.35. The van der Waals surface area contributed by atoms with Gasteiger partial charge in [0.05, 0.1) is 23.9 Å². The summed E-state index contributed by atoms with van der Waals surface area (Å²) in [6.45, 7) is 5.57. The molecule has 30 heavy (non-hydrogen) atoms. The number of halogens is 3. The molecule has 2 aromatic heterocycles. The molecule has 1 fully saturated rings. The molecule has 1 saturated heterocycles. The number of piperazine rings is 1. The molecule has 0 aromatic carbocycles. The molecule has 0 spiro atoms. The van der Waals surface area contributed by atoms with Crippen LogP contribution in [0.2, 0.25) is 0 Å². The fraction of sp³-hybridized carbons (Fsp3) is 0.400. The molecule has 2 aliphatic heterocycles. The number of carboxylic acids is 1. The number of rotatable bonds is 3. The molecule has 0 amide bonds. The van der Waals surface area contributed by atoms with Crippen LogP contribution in [0.15, 0.2) is 42.0 Å². The predicted octanol–water partition coefficient (Wildman–Crippen LogP) is 1.29. The highest BCUT2D eigenvalue weighted by atomic mass is 19.4. The summed E-state index contributed by atoms with van der Waals surface area (Å²) in [5, 5.41) is 14.8. The van der Waals surface area contributed by atoms with Crippen molar-refractivity contribution in [2.75, 3.05) is 31.1 Å². The van der Waals surface area contributed by atoms with Crippen LogP contribution < -0.4 is 15.3 Å². The van der Waals surface area contributed by atoms with Gasteiger partial charge in [0, 0.05) is 38.1 Å². The van der Waals surface area contributed by atoms with Crippen LogP contribution in [0.1, 0.15) is 18.2 Å². The van der Waals surface area contributed by atoms with Crippen LogP contribution in [-0.4, -0.2) is 52.5 Å². The Balaban J connectivity index is 1.83. The summed E-state index contributed by atoms with van der Waals surface area (Å²) >= 11 is 0. The highest BCUT2D eigenvalue weighted by Gasteiger charge is 2.36. The molecule has 10 heteroatoms. The van der Waals surface area contributed by atoms with Crippen molar-refractivity contribution in [2.24, 2.45) is 0 Å². The van der Waals surface area contributed by atoms with Crippen molar-refractivity contribution in [3.05, 3.63) is 53.3 Å². The Morgan fingerprint density at radius 2 is 2.07 bits per heavy atom. The molecule has 4 rings (SSSR count). The zero-order valence-corrected chi connectivity index (χ0v) is 16.5. The quantitative estimate of drug-likeness (QED) is 0.807. The van der Waals surface area contributed by atoms with Gasteiger partial charge in [0.1, 0.15) is 17.0 Å². The van der Waals surface area contributed by atoms with Gasteiger partial charge in [-0.25, -0.2) is 4.98 Å². The molecule has 0 saturated carbocycles. The maximum absolute atomic E-state index is 13.8. The lowest BCUT2D eigenvalue weighted by Crippen LogP contribution is -2.52. The van der Waals surface area contributed by atoms with E-state index in [0.717, 1.165) is 12.6 Å². The number of aryl methyl sites for hydroxylation is 1. The predicted molar refractivity (Wildman–Crippen MR) is 102 cm³/mol. The highest BCUT2D eigenvalue weighted by Crippen LogP contribution is 2.36. The number of pyridine rings is 1. The maximum atomic E-state index is 13.8. The minimum Gasteiger partial charge on any atom is -0.545 e. The summed E-state index contributed by atoms with van der Waals surface area (Å²) < 4.78 is 42.6. The molecule has 2 aromatic rings. The number of aromatic nitrogens is 2. The van der Waals surface area contributed by atoms with Crippen LogP contribution in [0.5, 0.6) is 0 Å². The summed E-state index contributed by atoms with van der Waals surface area (Å²) in [6.07, 6.45) is 1.54. The van der Waals surface area contributed by atoms with Crippen molar-refractivity contribution in [3.63, 3.8) is 0 Å². The van der Waals surface area contributed by atoms with E-state index < -0.39 is 17.7 Å². The Kier molecular flexibility index (Phi) is 4.97. The third-order valence-corrected chi connectivity index (χ3v) is 5.27. The van der Waals surface area contributed by atoms with Crippen molar-refractivity contribution >= 4 is 17.3 Å². The number of hydrogen-bond acceptors (Lipinski definition) is 6. The van der Waals surface area contributed by atoms with Crippen LogP contribution in [0, 0.1) is 6.92 Å². The van der Waals surface area contributed by atoms with Crippen LogP contribution in [0.3, 0.4) is 0 Å². The van der Waals surface area contributed by atoms with Crippen LogP contribution >= 0.6 is 0 Å². The maximum Gasteiger partial charge on any atom is 0.420 e. The number of hydrogen-bond donors (Lipinski definition) is 1. The Morgan fingerprint density at radius 3 is 2.73 bits per heavy atom. The highest BCUT2D eigenvalue weighted by molar-refractivity contribution is 5.87. The lowest BCUT2D eigenvalue weighted by Gasteiger charge is -2.42. The van der Waals surface area contributed by atoms with E-state index in [2.05, 4.69) is 10.3 Å². The van der Waals surface area contributed by atoms with E-state index in [9.17, 15) is 23.1 Å². The van der Waals surface area contributed by atoms with Crippen LogP contribution in [-0.2, 0) is 11.0 Å². The van der Waals surface area contributed by atoms with Gasteiger partial charge in [-0.05, 0) is 31.6 Å². The number of allylic oxidation sites excluding steroid dienone is 2. The molecule has 0 aliphatic carbocycles. The topological polar surface area (TPSA) is 75.9 Å². The van der Waals surface area contributed by atoms with Crippen molar-refractivity contribution < 1.29 is 23.1 Å². The lowest BCUT2D eigenvalue weighted by atomic mass is 10.1. The molecule has 1 atom stereocenters. The van der Waals surface area contributed by atoms with Crippen LogP contribution in [0.25, 0.3) is 5.65 Å². The number of imidazole rings is 1. The molecule has 1 unspecified atom stereocenters. The Bertz CT molecular complexity index is 1060. The Labute approximate surface area is 171 Å². The third kappa shape index (κ3) is 3.74. The molecule has 4 heterocycles. The largest absolute Gasteiger partial charge is 0.545 e. The average molecular weight is 420 g/mol. The van der Waals surface area contributed by atoms with Crippen molar-refractivity contribution in [3.8, 4) is 0 Å². The molecule has 160 valence electrons. The SMILES string of the molecule is Cc1cn2cc(N3CC(C(=O)[O-])=CC=C3N3CCNC(C)C3)cc(C(F)(F)F)c2n1. The number of aliphatic carboxylic acids is 1. The molecule has 0 bridgehead atoms. The normalized spacial score (nSPS) is 20.4. The fourth-order valence-electron chi connectivity index (χ4n) is 3.90. The molecular weight excluding hydrogens is 399 g/mol. The van der Waals surface area contributed by atoms with E-state index in [1.54, 1.807) is 24.1 Å².